The van der Waals surface area contributed by atoms with Crippen LogP contribution in [-0.4, -0.2) is 0 Å². The third kappa shape index (κ3) is 3.99. The number of hydrogen-bond donors (Lipinski definition) is 0. The van der Waals surface area contributed by atoms with Crippen molar-refractivity contribution in [2.45, 2.75) is 5.41 Å². The van der Waals surface area contributed by atoms with Crippen LogP contribution in [0.4, 0.5) is 17.1 Å². The van der Waals surface area contributed by atoms with Gasteiger partial charge in [0.1, 0.15) is 0 Å². The highest BCUT2D eigenvalue weighted by Gasteiger charge is 2.51. The van der Waals surface area contributed by atoms with E-state index in [2.05, 4.69) is 205 Å². The van der Waals surface area contributed by atoms with Crippen LogP contribution in [-0.2, 0) is 5.41 Å². The lowest BCUT2D eigenvalue weighted by Gasteiger charge is -2.31. The molecule has 0 radical (unpaired) electrons. The summed E-state index contributed by atoms with van der Waals surface area (Å²) in [6, 6.07) is 74.0. The van der Waals surface area contributed by atoms with Gasteiger partial charge in [0.05, 0.1) is 16.8 Å². The Balaban J connectivity index is 1.21. The minimum absolute atomic E-state index is 0.401. The molecule has 0 aliphatic heterocycles. The third-order valence-electron chi connectivity index (χ3n) is 11.5. The van der Waals surface area contributed by atoms with Gasteiger partial charge in [-0.15, -0.1) is 0 Å². The van der Waals surface area contributed by atoms with Crippen molar-refractivity contribution in [3.05, 3.63) is 222 Å². The fourth-order valence-electron chi connectivity index (χ4n) is 9.29. The fraction of sp³-hybridized carbons (Fsp3) is 0.0196. The second-order valence-corrected chi connectivity index (χ2v) is 14.0. The number of anilines is 3. The predicted molar refractivity (Wildman–Crippen MR) is 218 cm³/mol. The van der Waals surface area contributed by atoms with Crippen LogP contribution in [0, 0.1) is 0 Å². The summed E-state index contributed by atoms with van der Waals surface area (Å²) in [5, 5.41) is 4.91. The lowest BCUT2D eigenvalue weighted by atomic mass is 9.70. The van der Waals surface area contributed by atoms with E-state index < -0.39 is 5.41 Å². The Morgan fingerprint density at radius 1 is 0.308 bits per heavy atom. The molecular formula is C51H33N. The van der Waals surface area contributed by atoms with Crippen LogP contribution in [0.1, 0.15) is 22.3 Å². The summed E-state index contributed by atoms with van der Waals surface area (Å²) in [5.41, 5.74) is 16.2. The SMILES string of the molecule is c1ccc(-c2ccc(N(c3cccc4ccccc34)c3cccc4cc5c(cc34)C3(c4ccccc4-c4ccccc43)c3ccccc3-5)cc2)cc1. The highest BCUT2D eigenvalue weighted by molar-refractivity contribution is 6.08. The van der Waals surface area contributed by atoms with Crippen LogP contribution in [0.25, 0.3) is 54.9 Å². The van der Waals surface area contributed by atoms with Crippen LogP contribution < -0.4 is 4.90 Å². The molecule has 0 unspecified atom stereocenters. The monoisotopic (exact) mass is 659 g/mol. The minimum atomic E-state index is -0.401. The first kappa shape index (κ1) is 29.1. The van der Waals surface area contributed by atoms with Gasteiger partial charge in [-0.1, -0.05) is 164 Å². The number of benzene rings is 9. The van der Waals surface area contributed by atoms with Gasteiger partial charge in [-0.3, -0.25) is 0 Å². The normalized spacial score (nSPS) is 13.2. The van der Waals surface area contributed by atoms with Crippen molar-refractivity contribution in [1.82, 2.24) is 0 Å². The smallest absolute Gasteiger partial charge is 0.0725 e. The van der Waals surface area contributed by atoms with Crippen LogP contribution in [0.15, 0.2) is 200 Å². The zero-order valence-corrected chi connectivity index (χ0v) is 28.5. The van der Waals surface area contributed by atoms with Crippen LogP contribution in [0.3, 0.4) is 0 Å². The molecule has 0 atom stereocenters. The van der Waals surface area contributed by atoms with Gasteiger partial charge >= 0.3 is 0 Å². The molecule has 242 valence electrons. The molecule has 11 rings (SSSR count). The van der Waals surface area contributed by atoms with E-state index in [9.17, 15) is 0 Å². The average molecular weight is 660 g/mol. The number of nitrogens with zero attached hydrogens (tertiary/aromatic N) is 1. The van der Waals surface area contributed by atoms with E-state index in [0.29, 0.717) is 0 Å². The Hall–Kier alpha value is -6.70. The first-order valence-corrected chi connectivity index (χ1v) is 18.1. The van der Waals surface area contributed by atoms with Gasteiger partial charge in [-0.2, -0.15) is 0 Å². The molecule has 0 bridgehead atoms. The molecule has 9 aromatic carbocycles. The summed E-state index contributed by atoms with van der Waals surface area (Å²) >= 11 is 0. The summed E-state index contributed by atoms with van der Waals surface area (Å²) in [6.07, 6.45) is 0. The maximum atomic E-state index is 2.52. The molecule has 9 aromatic rings. The summed E-state index contributed by atoms with van der Waals surface area (Å²) < 4.78 is 0. The summed E-state index contributed by atoms with van der Waals surface area (Å²) in [7, 11) is 0. The predicted octanol–water partition coefficient (Wildman–Crippen LogP) is 13.5. The van der Waals surface area contributed by atoms with Crippen molar-refractivity contribution in [2.24, 2.45) is 0 Å². The van der Waals surface area contributed by atoms with Crippen molar-refractivity contribution >= 4 is 38.6 Å². The molecule has 1 spiro atoms. The van der Waals surface area contributed by atoms with E-state index >= 15 is 0 Å². The van der Waals surface area contributed by atoms with E-state index in [1.165, 1.54) is 77.2 Å². The molecule has 0 saturated heterocycles. The fourth-order valence-corrected chi connectivity index (χ4v) is 9.29. The topological polar surface area (TPSA) is 3.24 Å². The molecule has 52 heavy (non-hydrogen) atoms. The van der Waals surface area contributed by atoms with Crippen molar-refractivity contribution in [2.75, 3.05) is 4.90 Å². The Kier molecular flexibility index (Phi) is 6.23. The standard InChI is InChI=1S/C51H33N/c1-2-14-34(15-3-1)35-28-30-38(31-29-35)52(49-26-12-17-36-16-4-5-19-39(36)49)50-27-13-18-37-32-44-42-22-8-11-25-47(42)51(48(44)33-43(37)50)45-23-9-6-20-40(45)41-21-7-10-24-46(41)51/h1-33H. The van der Waals surface area contributed by atoms with Gasteiger partial charge in [0, 0.05) is 16.5 Å². The minimum Gasteiger partial charge on any atom is -0.309 e. The van der Waals surface area contributed by atoms with Crippen molar-refractivity contribution < 1.29 is 0 Å². The molecule has 0 amide bonds. The van der Waals surface area contributed by atoms with Crippen molar-refractivity contribution in [3.8, 4) is 33.4 Å². The highest BCUT2D eigenvalue weighted by Crippen LogP contribution is 2.63. The molecule has 1 nitrogen and oxygen atoms in total. The zero-order chi connectivity index (χ0) is 34.2. The number of rotatable bonds is 4. The van der Waals surface area contributed by atoms with Crippen LogP contribution in [0.2, 0.25) is 0 Å². The number of fused-ring (bicyclic) bond motifs is 12. The van der Waals surface area contributed by atoms with Gasteiger partial charge in [0.25, 0.3) is 0 Å². The van der Waals surface area contributed by atoms with E-state index in [0.717, 1.165) is 17.1 Å². The molecule has 2 aliphatic rings. The zero-order valence-electron chi connectivity index (χ0n) is 28.5. The first-order chi connectivity index (χ1) is 25.8. The van der Waals surface area contributed by atoms with E-state index in [1.807, 2.05) is 0 Å². The first-order valence-electron chi connectivity index (χ1n) is 18.1. The number of hydrogen-bond acceptors (Lipinski definition) is 1. The van der Waals surface area contributed by atoms with Crippen LogP contribution >= 0.6 is 0 Å². The Morgan fingerprint density at radius 2 is 0.808 bits per heavy atom. The quantitative estimate of drug-likeness (QED) is 0.182. The average Bonchev–Trinajstić information content (AvgIpc) is 3.68. The van der Waals surface area contributed by atoms with Gasteiger partial charge < -0.3 is 4.90 Å². The second-order valence-electron chi connectivity index (χ2n) is 14.0. The van der Waals surface area contributed by atoms with Gasteiger partial charge in [0.2, 0.25) is 0 Å². The highest BCUT2D eigenvalue weighted by atomic mass is 15.1. The van der Waals surface area contributed by atoms with Crippen LogP contribution in [0.5, 0.6) is 0 Å². The third-order valence-corrected chi connectivity index (χ3v) is 11.5. The van der Waals surface area contributed by atoms with E-state index in [-0.39, 0.29) is 0 Å². The van der Waals surface area contributed by atoms with Crippen molar-refractivity contribution in [1.29, 1.82) is 0 Å². The van der Waals surface area contributed by atoms with E-state index in [4.69, 9.17) is 0 Å². The second kappa shape index (κ2) is 11.2. The van der Waals surface area contributed by atoms with Gasteiger partial charge in [-0.05, 0) is 103 Å². The van der Waals surface area contributed by atoms with Gasteiger partial charge in [0.15, 0.2) is 0 Å². The summed E-state index contributed by atoms with van der Waals surface area (Å²) in [4.78, 5) is 2.47. The molecule has 0 heterocycles. The molecule has 0 fully saturated rings. The summed E-state index contributed by atoms with van der Waals surface area (Å²) in [5.74, 6) is 0. The Bertz CT molecular complexity index is 2800. The van der Waals surface area contributed by atoms with Gasteiger partial charge in [-0.25, -0.2) is 0 Å². The summed E-state index contributed by atoms with van der Waals surface area (Å²) in [6.45, 7) is 0. The molecular weight excluding hydrogens is 627 g/mol. The Morgan fingerprint density at radius 3 is 1.48 bits per heavy atom. The Labute approximate surface area is 303 Å². The maximum Gasteiger partial charge on any atom is 0.0725 e. The molecule has 0 saturated carbocycles. The molecule has 0 aromatic heterocycles. The largest absolute Gasteiger partial charge is 0.309 e. The maximum absolute atomic E-state index is 2.52. The molecule has 1 heteroatoms. The lowest BCUT2D eigenvalue weighted by Crippen LogP contribution is -2.25. The molecule has 0 N–H and O–H groups in total. The van der Waals surface area contributed by atoms with E-state index in [1.54, 1.807) is 0 Å². The lowest BCUT2D eigenvalue weighted by molar-refractivity contribution is 0.795. The van der Waals surface area contributed by atoms with Crippen molar-refractivity contribution in [3.63, 3.8) is 0 Å². The molecule has 2 aliphatic carbocycles.